The third-order valence-corrected chi connectivity index (χ3v) is 7.50. The largest absolute Gasteiger partial charge is 0.466 e. The summed E-state index contributed by atoms with van der Waals surface area (Å²) in [6, 6.07) is 15.1. The van der Waals surface area contributed by atoms with Gasteiger partial charge in [-0.25, -0.2) is 13.2 Å². The number of sulfonamides is 1. The highest BCUT2D eigenvalue weighted by molar-refractivity contribution is 7.89. The Morgan fingerprint density at radius 2 is 1.75 bits per heavy atom. The molecule has 1 aliphatic heterocycles. The molecule has 32 heavy (non-hydrogen) atoms. The van der Waals surface area contributed by atoms with Gasteiger partial charge < -0.3 is 14.5 Å². The maximum Gasteiger partial charge on any atom is 0.330 e. The van der Waals surface area contributed by atoms with Crippen molar-refractivity contribution < 1.29 is 17.9 Å². The fraction of sp³-hybridized carbons (Fsp3) is 0.375. The molecule has 0 aromatic heterocycles. The van der Waals surface area contributed by atoms with Crippen LogP contribution in [0.4, 0.5) is 5.69 Å². The minimum absolute atomic E-state index is 0.235. The quantitative estimate of drug-likeness (QED) is 0.448. The second kappa shape index (κ2) is 10.8. The smallest absolute Gasteiger partial charge is 0.330 e. The Morgan fingerprint density at radius 3 is 2.38 bits per heavy atom. The third kappa shape index (κ3) is 6.18. The van der Waals surface area contributed by atoms with Crippen LogP contribution in [-0.4, -0.2) is 77.5 Å². The van der Waals surface area contributed by atoms with Gasteiger partial charge in [0.15, 0.2) is 0 Å². The van der Waals surface area contributed by atoms with Gasteiger partial charge in [0.05, 0.1) is 12.0 Å². The second-order valence-electron chi connectivity index (χ2n) is 7.99. The number of hydrogen-bond donors (Lipinski definition) is 0. The summed E-state index contributed by atoms with van der Waals surface area (Å²) in [5.74, 6) is -0.483. The molecular formula is C24H31N3O4S. The lowest BCUT2D eigenvalue weighted by Gasteiger charge is -2.34. The first-order valence-corrected chi connectivity index (χ1v) is 12.1. The molecular weight excluding hydrogens is 426 g/mol. The number of hydrogen-bond acceptors (Lipinski definition) is 6. The van der Waals surface area contributed by atoms with Crippen LogP contribution in [0, 0.1) is 0 Å². The van der Waals surface area contributed by atoms with Crippen LogP contribution in [0.3, 0.4) is 0 Å². The number of esters is 1. The number of nitrogens with zero attached hydrogens (tertiary/aromatic N) is 3. The lowest BCUT2D eigenvalue weighted by atomic mass is 10.1. The molecule has 1 saturated heterocycles. The van der Waals surface area contributed by atoms with E-state index in [1.807, 2.05) is 14.1 Å². The standard InChI is InChI=1S/C24H31N3O4S/c1-25(2)22-10-7-20(8-11-22)13-14-26-15-17-27(18-16-26)32(29,30)23-6-4-5-21(19-23)9-12-24(28)31-3/h4-12,19H,13-18H2,1-3H3. The molecule has 0 aliphatic carbocycles. The van der Waals surface area contributed by atoms with Crippen molar-refractivity contribution in [3.63, 3.8) is 0 Å². The van der Waals surface area contributed by atoms with Gasteiger partial charge in [-0.2, -0.15) is 4.31 Å². The van der Waals surface area contributed by atoms with Gasteiger partial charge >= 0.3 is 5.97 Å². The van der Waals surface area contributed by atoms with Crippen LogP contribution < -0.4 is 4.90 Å². The lowest BCUT2D eigenvalue weighted by Crippen LogP contribution is -2.49. The molecule has 172 valence electrons. The van der Waals surface area contributed by atoms with Crippen LogP contribution in [0.1, 0.15) is 11.1 Å². The number of rotatable bonds is 8. The van der Waals surface area contributed by atoms with Gasteiger partial charge in [0.25, 0.3) is 0 Å². The normalized spacial score (nSPS) is 15.7. The molecule has 0 spiro atoms. The molecule has 2 aromatic carbocycles. The van der Waals surface area contributed by atoms with Crippen LogP contribution in [0.2, 0.25) is 0 Å². The molecule has 0 saturated carbocycles. The highest BCUT2D eigenvalue weighted by Crippen LogP contribution is 2.20. The van der Waals surface area contributed by atoms with Crippen LogP contribution in [0.25, 0.3) is 6.08 Å². The second-order valence-corrected chi connectivity index (χ2v) is 9.92. The van der Waals surface area contributed by atoms with Crippen molar-refractivity contribution in [2.24, 2.45) is 0 Å². The molecule has 7 nitrogen and oxygen atoms in total. The van der Waals surface area contributed by atoms with Crippen molar-refractivity contribution in [1.82, 2.24) is 9.21 Å². The summed E-state index contributed by atoms with van der Waals surface area (Å²) in [6.07, 6.45) is 3.77. The molecule has 1 fully saturated rings. The van der Waals surface area contributed by atoms with E-state index < -0.39 is 16.0 Å². The van der Waals surface area contributed by atoms with E-state index in [9.17, 15) is 13.2 Å². The third-order valence-electron chi connectivity index (χ3n) is 5.61. The molecule has 1 aliphatic rings. The van der Waals surface area contributed by atoms with Gasteiger partial charge in [0.2, 0.25) is 10.0 Å². The van der Waals surface area contributed by atoms with Crippen LogP contribution >= 0.6 is 0 Å². The minimum Gasteiger partial charge on any atom is -0.466 e. The zero-order valence-electron chi connectivity index (χ0n) is 18.9. The molecule has 1 heterocycles. The predicted molar refractivity (Wildman–Crippen MR) is 127 cm³/mol. The number of piperazine rings is 1. The van der Waals surface area contributed by atoms with Crippen molar-refractivity contribution in [3.8, 4) is 0 Å². The van der Waals surface area contributed by atoms with Crippen molar-refractivity contribution in [2.75, 3.05) is 58.8 Å². The minimum atomic E-state index is -3.58. The summed E-state index contributed by atoms with van der Waals surface area (Å²) in [5.41, 5.74) is 3.09. The highest BCUT2D eigenvalue weighted by atomic mass is 32.2. The maximum absolute atomic E-state index is 13.1. The van der Waals surface area contributed by atoms with E-state index >= 15 is 0 Å². The van der Waals surface area contributed by atoms with E-state index in [2.05, 4.69) is 38.8 Å². The monoisotopic (exact) mass is 457 g/mol. The first-order chi connectivity index (χ1) is 15.3. The zero-order chi connectivity index (χ0) is 23.1. The van der Waals surface area contributed by atoms with Crippen molar-refractivity contribution in [2.45, 2.75) is 11.3 Å². The molecule has 0 N–H and O–H groups in total. The molecule has 3 rings (SSSR count). The number of benzene rings is 2. The van der Waals surface area contributed by atoms with Gasteiger partial charge in [-0.05, 0) is 47.9 Å². The SMILES string of the molecule is COC(=O)C=Cc1cccc(S(=O)(=O)N2CCN(CCc3ccc(N(C)C)cc3)CC2)c1. The Bertz CT molecular complexity index is 1040. The van der Waals surface area contributed by atoms with Crippen LogP contribution in [0.5, 0.6) is 0 Å². The van der Waals surface area contributed by atoms with Crippen molar-refractivity contribution >= 4 is 27.8 Å². The summed E-state index contributed by atoms with van der Waals surface area (Å²) in [6.45, 7) is 3.24. The summed E-state index contributed by atoms with van der Waals surface area (Å²) >= 11 is 0. The van der Waals surface area contributed by atoms with Crippen molar-refractivity contribution in [1.29, 1.82) is 0 Å². The fourth-order valence-electron chi connectivity index (χ4n) is 3.60. The van der Waals surface area contributed by atoms with E-state index in [1.54, 1.807) is 34.6 Å². The average molecular weight is 458 g/mol. The Morgan fingerprint density at radius 1 is 1.06 bits per heavy atom. The maximum atomic E-state index is 13.1. The molecule has 0 amide bonds. The molecule has 8 heteroatoms. The molecule has 0 unspecified atom stereocenters. The van der Waals surface area contributed by atoms with Crippen LogP contribution in [-0.2, 0) is 26.0 Å². The summed E-state index contributed by atoms with van der Waals surface area (Å²) in [4.78, 5) is 15.9. The van der Waals surface area contributed by atoms with E-state index in [1.165, 1.54) is 24.4 Å². The van der Waals surface area contributed by atoms with E-state index in [-0.39, 0.29) is 4.90 Å². The molecule has 0 bridgehead atoms. The Hall–Kier alpha value is -2.68. The lowest BCUT2D eigenvalue weighted by molar-refractivity contribution is -0.134. The zero-order valence-corrected chi connectivity index (χ0v) is 19.7. The average Bonchev–Trinajstić information content (AvgIpc) is 2.82. The van der Waals surface area contributed by atoms with Crippen molar-refractivity contribution in [3.05, 3.63) is 65.7 Å². The number of carbonyl (C=O) groups excluding carboxylic acids is 1. The summed E-state index contributed by atoms with van der Waals surface area (Å²) in [5, 5.41) is 0. The number of ether oxygens (including phenoxy) is 1. The molecule has 0 radical (unpaired) electrons. The van der Waals surface area contributed by atoms with E-state index in [0.717, 1.165) is 13.0 Å². The fourth-order valence-corrected chi connectivity index (χ4v) is 5.08. The van der Waals surface area contributed by atoms with Gasteiger partial charge in [-0.3, -0.25) is 0 Å². The Balaban J connectivity index is 1.56. The van der Waals surface area contributed by atoms with Gasteiger partial charge in [0, 0.05) is 58.6 Å². The Kier molecular flexibility index (Phi) is 8.06. The number of anilines is 1. The highest BCUT2D eigenvalue weighted by Gasteiger charge is 2.28. The first kappa shape index (κ1) is 24.0. The predicted octanol–water partition coefficient (Wildman–Crippen LogP) is 2.49. The number of carbonyl (C=O) groups is 1. The van der Waals surface area contributed by atoms with E-state index in [0.29, 0.717) is 31.7 Å². The first-order valence-electron chi connectivity index (χ1n) is 10.6. The van der Waals surface area contributed by atoms with Gasteiger partial charge in [-0.15, -0.1) is 0 Å². The summed E-state index contributed by atoms with van der Waals surface area (Å²) in [7, 11) is 1.77. The summed E-state index contributed by atoms with van der Waals surface area (Å²) < 4.78 is 32.3. The molecule has 2 aromatic rings. The van der Waals surface area contributed by atoms with Gasteiger partial charge in [0.1, 0.15) is 0 Å². The van der Waals surface area contributed by atoms with Gasteiger partial charge in [-0.1, -0.05) is 24.3 Å². The number of methoxy groups -OCH3 is 1. The van der Waals surface area contributed by atoms with E-state index in [4.69, 9.17) is 0 Å². The van der Waals surface area contributed by atoms with Crippen LogP contribution in [0.15, 0.2) is 59.5 Å². The molecule has 0 atom stereocenters. The Labute approximate surface area is 190 Å². The topological polar surface area (TPSA) is 70.2 Å².